The van der Waals surface area contributed by atoms with Gasteiger partial charge in [-0.3, -0.25) is 0 Å². The zero-order valence-electron chi connectivity index (χ0n) is 11.7. The van der Waals surface area contributed by atoms with Gasteiger partial charge in [0.05, 0.1) is 4.90 Å². The van der Waals surface area contributed by atoms with Crippen molar-refractivity contribution in [1.82, 2.24) is 4.72 Å². The molecular formula is C15H16BrNO2S2. The molecule has 0 aromatic heterocycles. The predicted octanol–water partition coefficient (Wildman–Crippen LogP) is 4.21. The summed E-state index contributed by atoms with van der Waals surface area (Å²) in [5.74, 6) is 0. The summed E-state index contributed by atoms with van der Waals surface area (Å²) in [7, 11) is -3.52. The lowest BCUT2D eigenvalue weighted by Gasteiger charge is -2.15. The standard InChI is InChI=1S/C15H16BrNO2S2/c1-11(12-3-7-14(20-2)8-4-12)17-21(18,19)15-9-5-13(16)6-10-15/h3-11,17H,1-2H3. The van der Waals surface area contributed by atoms with Crippen molar-refractivity contribution in [2.45, 2.75) is 22.8 Å². The summed E-state index contributed by atoms with van der Waals surface area (Å²) < 4.78 is 28.2. The van der Waals surface area contributed by atoms with E-state index in [0.717, 1.165) is 14.9 Å². The van der Waals surface area contributed by atoms with Gasteiger partial charge in [-0.25, -0.2) is 13.1 Å². The quantitative estimate of drug-likeness (QED) is 0.783. The molecule has 0 radical (unpaired) electrons. The number of benzene rings is 2. The van der Waals surface area contributed by atoms with E-state index in [2.05, 4.69) is 20.7 Å². The summed E-state index contributed by atoms with van der Waals surface area (Å²) in [6.45, 7) is 1.84. The summed E-state index contributed by atoms with van der Waals surface area (Å²) in [4.78, 5) is 1.42. The summed E-state index contributed by atoms with van der Waals surface area (Å²) in [5.41, 5.74) is 0.938. The fourth-order valence-electron chi connectivity index (χ4n) is 1.88. The Hall–Kier alpha value is -0.820. The lowest BCUT2D eigenvalue weighted by molar-refractivity contribution is 0.567. The topological polar surface area (TPSA) is 46.2 Å². The number of hydrogen-bond acceptors (Lipinski definition) is 3. The molecule has 112 valence electrons. The van der Waals surface area contributed by atoms with E-state index in [1.165, 1.54) is 0 Å². The van der Waals surface area contributed by atoms with Crippen LogP contribution in [0.25, 0.3) is 0 Å². The van der Waals surface area contributed by atoms with Crippen LogP contribution in [0.5, 0.6) is 0 Å². The lowest BCUT2D eigenvalue weighted by atomic mass is 10.1. The second kappa shape index (κ2) is 6.96. The van der Waals surface area contributed by atoms with E-state index in [4.69, 9.17) is 0 Å². The van der Waals surface area contributed by atoms with Crippen LogP contribution in [0, 0.1) is 0 Å². The third kappa shape index (κ3) is 4.32. The van der Waals surface area contributed by atoms with Crippen LogP contribution in [-0.4, -0.2) is 14.7 Å². The Morgan fingerprint density at radius 1 is 1.05 bits per heavy atom. The molecule has 21 heavy (non-hydrogen) atoms. The Bertz CT molecular complexity index is 697. The Labute approximate surface area is 138 Å². The van der Waals surface area contributed by atoms with Crippen LogP contribution in [0.4, 0.5) is 0 Å². The van der Waals surface area contributed by atoms with Gasteiger partial charge in [-0.15, -0.1) is 11.8 Å². The van der Waals surface area contributed by atoms with Gasteiger partial charge in [-0.05, 0) is 55.1 Å². The molecule has 0 saturated carbocycles. The molecule has 1 unspecified atom stereocenters. The molecule has 3 nitrogen and oxygen atoms in total. The maximum atomic E-state index is 12.3. The highest BCUT2D eigenvalue weighted by Gasteiger charge is 2.18. The molecule has 0 aliphatic carbocycles. The molecule has 0 fully saturated rings. The fraction of sp³-hybridized carbons (Fsp3) is 0.200. The maximum Gasteiger partial charge on any atom is 0.241 e. The van der Waals surface area contributed by atoms with Gasteiger partial charge in [0, 0.05) is 15.4 Å². The first-order valence-corrected chi connectivity index (χ1v) is 9.84. The highest BCUT2D eigenvalue weighted by atomic mass is 79.9. The molecule has 2 rings (SSSR count). The number of nitrogens with one attached hydrogen (secondary N) is 1. The third-order valence-electron chi connectivity index (χ3n) is 3.07. The highest BCUT2D eigenvalue weighted by Crippen LogP contribution is 2.21. The summed E-state index contributed by atoms with van der Waals surface area (Å²) in [5, 5.41) is 0. The smallest absolute Gasteiger partial charge is 0.207 e. The summed E-state index contributed by atoms with van der Waals surface area (Å²) in [6.07, 6.45) is 2.01. The van der Waals surface area contributed by atoms with Gasteiger partial charge < -0.3 is 0 Å². The first-order chi connectivity index (χ1) is 9.92. The Morgan fingerprint density at radius 3 is 2.14 bits per heavy atom. The summed E-state index contributed by atoms with van der Waals surface area (Å²) in [6, 6.07) is 14.2. The molecule has 0 heterocycles. The van der Waals surface area contributed by atoms with Crippen molar-refractivity contribution in [1.29, 1.82) is 0 Å². The highest BCUT2D eigenvalue weighted by molar-refractivity contribution is 9.10. The Kier molecular flexibility index (Phi) is 5.48. The van der Waals surface area contributed by atoms with E-state index in [1.807, 2.05) is 37.4 Å². The van der Waals surface area contributed by atoms with E-state index in [-0.39, 0.29) is 10.9 Å². The van der Waals surface area contributed by atoms with E-state index >= 15 is 0 Å². The largest absolute Gasteiger partial charge is 0.241 e. The van der Waals surface area contributed by atoms with Crippen LogP contribution in [0.2, 0.25) is 0 Å². The maximum absolute atomic E-state index is 12.3. The Balaban J connectivity index is 2.17. The van der Waals surface area contributed by atoms with E-state index in [0.29, 0.717) is 0 Å². The SMILES string of the molecule is CSc1ccc(C(C)NS(=O)(=O)c2ccc(Br)cc2)cc1. The van der Waals surface area contributed by atoms with Crippen LogP contribution in [0.15, 0.2) is 62.8 Å². The fourth-order valence-corrected chi connectivity index (χ4v) is 3.78. The van der Waals surface area contributed by atoms with Crippen molar-refractivity contribution in [3.63, 3.8) is 0 Å². The molecule has 1 N–H and O–H groups in total. The molecule has 6 heteroatoms. The van der Waals surface area contributed by atoms with E-state index < -0.39 is 10.0 Å². The van der Waals surface area contributed by atoms with E-state index in [9.17, 15) is 8.42 Å². The number of halogens is 1. The first-order valence-electron chi connectivity index (χ1n) is 6.34. The van der Waals surface area contributed by atoms with Crippen molar-refractivity contribution in [3.8, 4) is 0 Å². The predicted molar refractivity (Wildman–Crippen MR) is 91.1 cm³/mol. The lowest BCUT2D eigenvalue weighted by Crippen LogP contribution is -2.26. The molecule has 0 amide bonds. The summed E-state index contributed by atoms with van der Waals surface area (Å²) >= 11 is 4.95. The van der Waals surface area contributed by atoms with Gasteiger partial charge >= 0.3 is 0 Å². The number of thioether (sulfide) groups is 1. The average Bonchev–Trinajstić information content (AvgIpc) is 2.47. The van der Waals surface area contributed by atoms with Crippen LogP contribution >= 0.6 is 27.7 Å². The number of rotatable bonds is 5. The van der Waals surface area contributed by atoms with E-state index in [1.54, 1.807) is 36.0 Å². The molecule has 0 saturated heterocycles. The van der Waals surface area contributed by atoms with Crippen LogP contribution in [0.1, 0.15) is 18.5 Å². The molecule has 0 spiro atoms. The minimum atomic E-state index is -3.52. The molecule has 0 aliphatic rings. The average molecular weight is 386 g/mol. The molecule has 0 aliphatic heterocycles. The zero-order valence-corrected chi connectivity index (χ0v) is 14.9. The van der Waals surface area contributed by atoms with Crippen molar-refractivity contribution >= 4 is 37.7 Å². The second-order valence-electron chi connectivity index (χ2n) is 4.57. The second-order valence-corrected chi connectivity index (χ2v) is 8.08. The van der Waals surface area contributed by atoms with Crippen molar-refractivity contribution < 1.29 is 8.42 Å². The van der Waals surface area contributed by atoms with Crippen LogP contribution in [-0.2, 0) is 10.0 Å². The van der Waals surface area contributed by atoms with Crippen LogP contribution in [0.3, 0.4) is 0 Å². The van der Waals surface area contributed by atoms with Gasteiger partial charge in [0.25, 0.3) is 0 Å². The molecule has 2 aromatic carbocycles. The third-order valence-corrected chi connectivity index (χ3v) is 5.90. The first kappa shape index (κ1) is 16.5. The minimum absolute atomic E-state index is 0.262. The molecule has 0 bridgehead atoms. The van der Waals surface area contributed by atoms with Crippen molar-refractivity contribution in [2.75, 3.05) is 6.26 Å². The molecule has 1 atom stereocenters. The molecular weight excluding hydrogens is 370 g/mol. The Morgan fingerprint density at radius 2 is 1.62 bits per heavy atom. The number of hydrogen-bond donors (Lipinski definition) is 1. The molecule has 2 aromatic rings. The number of sulfonamides is 1. The monoisotopic (exact) mass is 385 g/mol. The van der Waals surface area contributed by atoms with Crippen molar-refractivity contribution in [3.05, 3.63) is 58.6 Å². The van der Waals surface area contributed by atoms with Gasteiger partial charge in [-0.1, -0.05) is 28.1 Å². The minimum Gasteiger partial charge on any atom is -0.207 e. The van der Waals surface area contributed by atoms with Gasteiger partial charge in [0.15, 0.2) is 0 Å². The van der Waals surface area contributed by atoms with Crippen LogP contribution < -0.4 is 4.72 Å². The normalized spacial score (nSPS) is 13.1. The van der Waals surface area contributed by atoms with Gasteiger partial charge in [-0.2, -0.15) is 0 Å². The zero-order chi connectivity index (χ0) is 15.5. The van der Waals surface area contributed by atoms with Gasteiger partial charge in [0.1, 0.15) is 0 Å². The van der Waals surface area contributed by atoms with Gasteiger partial charge in [0.2, 0.25) is 10.0 Å². The van der Waals surface area contributed by atoms with Crippen molar-refractivity contribution in [2.24, 2.45) is 0 Å².